The molecule has 16 heavy (non-hydrogen) atoms. The van der Waals surface area contributed by atoms with E-state index >= 15 is 0 Å². The van der Waals surface area contributed by atoms with Crippen LogP contribution in [0.3, 0.4) is 0 Å². The fourth-order valence-electron chi connectivity index (χ4n) is 0.881. The first-order valence-corrected chi connectivity index (χ1v) is 4.18. The highest BCUT2D eigenvalue weighted by molar-refractivity contribution is 5.86. The van der Waals surface area contributed by atoms with Crippen LogP contribution in [0.25, 0.3) is 6.08 Å². The summed E-state index contributed by atoms with van der Waals surface area (Å²) in [5.74, 6) is 0.433. The van der Waals surface area contributed by atoms with Gasteiger partial charge < -0.3 is 11.5 Å². The molecular weight excluding hydrogens is 270 g/mol. The minimum absolute atomic E-state index is 0. The van der Waals surface area contributed by atoms with Gasteiger partial charge in [0.2, 0.25) is 0 Å². The van der Waals surface area contributed by atoms with Gasteiger partial charge in [-0.15, -0.1) is 37.2 Å². The Morgan fingerprint density at radius 3 is 2.44 bits per heavy atom. The summed E-state index contributed by atoms with van der Waals surface area (Å²) >= 11 is 0. The number of rotatable bonds is 3. The lowest BCUT2D eigenvalue weighted by atomic mass is 10.2. The lowest BCUT2D eigenvalue weighted by Crippen LogP contribution is -2.12. The van der Waals surface area contributed by atoms with Gasteiger partial charge in [-0.1, -0.05) is 6.08 Å². The zero-order valence-corrected chi connectivity index (χ0v) is 11.3. The van der Waals surface area contributed by atoms with Crippen molar-refractivity contribution < 1.29 is 0 Å². The van der Waals surface area contributed by atoms with Crippen molar-refractivity contribution in [2.24, 2.45) is 5.73 Å². The van der Waals surface area contributed by atoms with E-state index in [9.17, 15) is 0 Å². The normalized spacial score (nSPS) is 10.9. The summed E-state index contributed by atoms with van der Waals surface area (Å²) in [6.45, 7) is 1.95. The van der Waals surface area contributed by atoms with E-state index < -0.39 is 0 Å². The van der Waals surface area contributed by atoms with E-state index in [4.69, 9.17) is 11.5 Å². The molecule has 0 aliphatic rings. The molecule has 4 N–H and O–H groups in total. The molecule has 1 aromatic rings. The van der Waals surface area contributed by atoms with Crippen LogP contribution in [0.1, 0.15) is 19.0 Å². The van der Waals surface area contributed by atoms with E-state index in [0.717, 1.165) is 12.1 Å². The van der Waals surface area contributed by atoms with Gasteiger partial charge in [0.15, 0.2) is 0 Å². The van der Waals surface area contributed by atoms with E-state index in [2.05, 4.69) is 9.97 Å². The number of hydrogen-bond donors (Lipinski definition) is 2. The van der Waals surface area contributed by atoms with E-state index in [1.807, 2.05) is 19.1 Å². The number of nitrogen functional groups attached to an aromatic ring is 1. The van der Waals surface area contributed by atoms with Crippen LogP contribution in [0, 0.1) is 0 Å². The van der Waals surface area contributed by atoms with Crippen LogP contribution in [0.15, 0.2) is 18.5 Å². The van der Waals surface area contributed by atoms with E-state index in [-0.39, 0.29) is 43.3 Å². The number of hydrogen-bond acceptors (Lipinski definition) is 4. The molecule has 0 aliphatic heterocycles. The molecule has 0 aromatic carbocycles. The lowest BCUT2D eigenvalue weighted by molar-refractivity contribution is 0.759. The second kappa shape index (κ2) is 11.0. The van der Waals surface area contributed by atoms with Crippen molar-refractivity contribution >= 4 is 49.1 Å². The van der Waals surface area contributed by atoms with E-state index in [1.54, 1.807) is 6.20 Å². The van der Waals surface area contributed by atoms with Crippen LogP contribution in [0.5, 0.6) is 0 Å². The van der Waals surface area contributed by atoms with Gasteiger partial charge in [0.05, 0.1) is 18.1 Å². The number of aromatic nitrogens is 2. The summed E-state index contributed by atoms with van der Waals surface area (Å²) in [4.78, 5) is 7.97. The predicted octanol–water partition coefficient (Wildman–Crippen LogP) is 2.07. The van der Waals surface area contributed by atoms with Crippen LogP contribution in [-0.4, -0.2) is 16.0 Å². The lowest BCUT2D eigenvalue weighted by Gasteiger charge is -1.97. The second-order valence-electron chi connectivity index (χ2n) is 2.98. The molecule has 0 bridgehead atoms. The Labute approximate surface area is 114 Å². The second-order valence-corrected chi connectivity index (χ2v) is 2.98. The Hall–Kier alpha value is -0.550. The molecule has 0 spiro atoms. The van der Waals surface area contributed by atoms with Gasteiger partial charge in [-0.3, -0.25) is 4.98 Å². The van der Waals surface area contributed by atoms with Crippen molar-refractivity contribution in [3.63, 3.8) is 0 Å². The number of anilines is 1. The molecule has 0 fully saturated rings. The van der Waals surface area contributed by atoms with Crippen LogP contribution >= 0.6 is 37.2 Å². The molecule has 7 heteroatoms. The molecule has 0 radical (unpaired) electrons. The third-order valence-corrected chi connectivity index (χ3v) is 1.47. The number of halogens is 3. The Kier molecular flexibility index (Phi) is 14.2. The summed E-state index contributed by atoms with van der Waals surface area (Å²) in [5, 5.41) is 0. The third-order valence-electron chi connectivity index (χ3n) is 1.47. The average molecular weight is 288 g/mol. The highest BCUT2D eigenvalue weighted by Gasteiger charge is 1.91. The van der Waals surface area contributed by atoms with Gasteiger partial charge in [0.25, 0.3) is 0 Å². The largest absolute Gasteiger partial charge is 0.382 e. The quantitative estimate of drug-likeness (QED) is 0.892. The molecule has 0 unspecified atom stereocenters. The monoisotopic (exact) mass is 286 g/mol. The van der Waals surface area contributed by atoms with Crippen LogP contribution < -0.4 is 11.5 Å². The van der Waals surface area contributed by atoms with Gasteiger partial charge >= 0.3 is 0 Å². The molecule has 0 aliphatic carbocycles. The fraction of sp³-hybridized carbons (Fsp3) is 0.333. The molecule has 1 heterocycles. The summed E-state index contributed by atoms with van der Waals surface area (Å²) in [6, 6.07) is 0.172. The van der Waals surface area contributed by atoms with Crippen molar-refractivity contribution in [2.75, 3.05) is 5.73 Å². The Bertz CT molecular complexity index is 305. The van der Waals surface area contributed by atoms with Gasteiger partial charge in [0, 0.05) is 6.04 Å². The Morgan fingerprint density at radius 2 is 1.94 bits per heavy atom. The van der Waals surface area contributed by atoms with Gasteiger partial charge in [-0.25, -0.2) is 4.98 Å². The van der Waals surface area contributed by atoms with Crippen molar-refractivity contribution in [2.45, 2.75) is 19.4 Å². The van der Waals surface area contributed by atoms with Crippen LogP contribution in [-0.2, 0) is 0 Å². The molecular formula is C9H17Cl3N4. The van der Waals surface area contributed by atoms with Crippen molar-refractivity contribution in [3.05, 3.63) is 24.2 Å². The maximum atomic E-state index is 5.57. The van der Waals surface area contributed by atoms with E-state index in [0.29, 0.717) is 5.82 Å². The number of nitrogens with zero attached hydrogens (tertiary/aromatic N) is 2. The van der Waals surface area contributed by atoms with Crippen LogP contribution in [0.2, 0.25) is 0 Å². The topological polar surface area (TPSA) is 77.8 Å². The first-order valence-electron chi connectivity index (χ1n) is 4.18. The van der Waals surface area contributed by atoms with Crippen molar-refractivity contribution in [1.82, 2.24) is 9.97 Å². The summed E-state index contributed by atoms with van der Waals surface area (Å²) in [5.41, 5.74) is 11.8. The Morgan fingerprint density at radius 1 is 1.31 bits per heavy atom. The summed E-state index contributed by atoms with van der Waals surface area (Å²) < 4.78 is 0. The predicted molar refractivity (Wildman–Crippen MR) is 75.5 cm³/mol. The van der Waals surface area contributed by atoms with Gasteiger partial charge in [-0.2, -0.15) is 0 Å². The minimum Gasteiger partial charge on any atom is -0.382 e. The summed E-state index contributed by atoms with van der Waals surface area (Å²) in [6.07, 6.45) is 7.84. The molecule has 0 amide bonds. The molecule has 4 nitrogen and oxygen atoms in total. The first-order chi connectivity index (χ1) is 6.18. The molecule has 1 aromatic heterocycles. The molecule has 0 saturated carbocycles. The van der Waals surface area contributed by atoms with Gasteiger partial charge in [0.1, 0.15) is 5.82 Å². The Balaban J connectivity index is -0.000000563. The van der Waals surface area contributed by atoms with Gasteiger partial charge in [-0.05, 0) is 19.4 Å². The SMILES string of the molecule is C[C@H](N)C/C=C/c1cncc(N)n1.Cl.Cl.Cl. The smallest absolute Gasteiger partial charge is 0.142 e. The first kappa shape index (κ1) is 20.8. The molecule has 94 valence electrons. The third kappa shape index (κ3) is 8.73. The maximum Gasteiger partial charge on any atom is 0.142 e. The fourth-order valence-corrected chi connectivity index (χ4v) is 0.881. The zero-order chi connectivity index (χ0) is 9.68. The van der Waals surface area contributed by atoms with Crippen molar-refractivity contribution in [1.29, 1.82) is 0 Å². The molecule has 1 atom stereocenters. The average Bonchev–Trinajstić information content (AvgIpc) is 2.03. The highest BCUT2D eigenvalue weighted by Crippen LogP contribution is 2.00. The van der Waals surface area contributed by atoms with Crippen LogP contribution in [0.4, 0.5) is 5.82 Å². The summed E-state index contributed by atoms with van der Waals surface area (Å²) in [7, 11) is 0. The molecule has 1 rings (SSSR count). The van der Waals surface area contributed by atoms with Crippen molar-refractivity contribution in [3.8, 4) is 0 Å². The number of nitrogens with two attached hydrogens (primary N) is 2. The maximum absolute atomic E-state index is 5.57. The highest BCUT2D eigenvalue weighted by atomic mass is 35.5. The minimum atomic E-state index is 0. The van der Waals surface area contributed by atoms with E-state index in [1.165, 1.54) is 6.20 Å². The standard InChI is InChI=1S/C9H14N4.3ClH/c1-7(10)3-2-4-8-5-12-6-9(11)13-8;;;/h2,4-7H,3,10H2,1H3,(H2,11,13);3*1H/b4-2+;;;/t7-;;;/m0.../s1. The molecule has 0 saturated heterocycles. The zero-order valence-electron chi connectivity index (χ0n) is 8.87.